The molecule has 0 aliphatic heterocycles. The molecular formula is C24H22Cl2N4O2. The third kappa shape index (κ3) is 4.87. The average molecular weight is 469 g/mol. The van der Waals surface area contributed by atoms with Crippen LogP contribution in [-0.4, -0.2) is 27.5 Å². The fourth-order valence-corrected chi connectivity index (χ4v) is 3.96. The van der Waals surface area contributed by atoms with Crippen molar-refractivity contribution in [3.63, 3.8) is 0 Å². The highest BCUT2D eigenvalue weighted by molar-refractivity contribution is 6.35. The van der Waals surface area contributed by atoms with Crippen molar-refractivity contribution >= 4 is 45.8 Å². The quantitative estimate of drug-likeness (QED) is 0.366. The zero-order valence-corrected chi connectivity index (χ0v) is 19.4. The van der Waals surface area contributed by atoms with E-state index < -0.39 is 0 Å². The number of aromatic nitrogens is 3. The minimum Gasteiger partial charge on any atom is -0.482 e. The molecule has 8 heteroatoms. The predicted molar refractivity (Wildman–Crippen MR) is 128 cm³/mol. The second-order valence-electron chi connectivity index (χ2n) is 7.81. The summed E-state index contributed by atoms with van der Waals surface area (Å²) in [6.45, 7) is 5.94. The molecule has 0 unspecified atom stereocenters. The lowest BCUT2D eigenvalue weighted by Crippen LogP contribution is -2.20. The van der Waals surface area contributed by atoms with E-state index in [9.17, 15) is 4.79 Å². The van der Waals surface area contributed by atoms with Gasteiger partial charge >= 0.3 is 0 Å². The molecule has 0 bridgehead atoms. The van der Waals surface area contributed by atoms with E-state index in [-0.39, 0.29) is 12.5 Å². The highest BCUT2D eigenvalue weighted by Gasteiger charge is 2.12. The molecule has 4 rings (SSSR count). The van der Waals surface area contributed by atoms with E-state index in [0.717, 1.165) is 16.8 Å². The van der Waals surface area contributed by atoms with Crippen molar-refractivity contribution in [2.45, 2.75) is 26.7 Å². The highest BCUT2D eigenvalue weighted by Crippen LogP contribution is 2.31. The van der Waals surface area contributed by atoms with Gasteiger partial charge in [0.15, 0.2) is 6.61 Å². The summed E-state index contributed by atoms with van der Waals surface area (Å²) in [5, 5.41) is 12.8. The lowest BCUT2D eigenvalue weighted by Gasteiger charge is -2.11. The smallest absolute Gasteiger partial charge is 0.262 e. The largest absolute Gasteiger partial charge is 0.482 e. The van der Waals surface area contributed by atoms with Crippen LogP contribution in [0.1, 0.15) is 30.9 Å². The molecule has 0 radical (unpaired) electrons. The Bertz CT molecular complexity index is 1260. The molecule has 0 fully saturated rings. The lowest BCUT2D eigenvalue weighted by molar-refractivity contribution is -0.118. The number of carbonyl (C=O) groups excluding carboxylic acids is 1. The molecular weight excluding hydrogens is 447 g/mol. The number of amides is 1. The Hall–Kier alpha value is -3.09. The van der Waals surface area contributed by atoms with Crippen molar-refractivity contribution in [3.05, 3.63) is 75.8 Å². The fourth-order valence-electron chi connectivity index (χ4n) is 3.31. The van der Waals surface area contributed by atoms with E-state index >= 15 is 0 Å². The number of anilines is 1. The van der Waals surface area contributed by atoms with E-state index in [1.54, 1.807) is 29.1 Å². The zero-order chi connectivity index (χ0) is 22.8. The average Bonchev–Trinajstić information content (AvgIpc) is 3.16. The van der Waals surface area contributed by atoms with Gasteiger partial charge in [-0.2, -0.15) is 4.80 Å². The molecule has 1 aromatic heterocycles. The number of nitrogens with zero attached hydrogens (tertiary/aromatic N) is 3. The van der Waals surface area contributed by atoms with Gasteiger partial charge in [-0.1, -0.05) is 49.2 Å². The number of fused-ring (bicyclic) bond motifs is 1. The molecule has 0 spiro atoms. The number of rotatable bonds is 6. The number of hydrogen-bond donors (Lipinski definition) is 1. The monoisotopic (exact) mass is 468 g/mol. The van der Waals surface area contributed by atoms with Gasteiger partial charge < -0.3 is 10.1 Å². The molecule has 4 aromatic rings. The van der Waals surface area contributed by atoms with Crippen molar-refractivity contribution in [1.29, 1.82) is 0 Å². The normalized spacial score (nSPS) is 11.2. The van der Waals surface area contributed by atoms with Crippen molar-refractivity contribution in [3.8, 4) is 11.4 Å². The van der Waals surface area contributed by atoms with Gasteiger partial charge in [-0.3, -0.25) is 4.79 Å². The van der Waals surface area contributed by atoms with E-state index in [4.69, 9.17) is 27.9 Å². The molecule has 0 saturated heterocycles. The van der Waals surface area contributed by atoms with Crippen molar-refractivity contribution in [2.75, 3.05) is 11.9 Å². The maximum atomic E-state index is 12.4. The van der Waals surface area contributed by atoms with Gasteiger partial charge in [0.2, 0.25) is 0 Å². The zero-order valence-electron chi connectivity index (χ0n) is 17.9. The van der Waals surface area contributed by atoms with E-state index in [2.05, 4.69) is 41.5 Å². The summed E-state index contributed by atoms with van der Waals surface area (Å²) < 4.78 is 5.60. The first-order valence-electron chi connectivity index (χ1n) is 10.2. The molecule has 6 nitrogen and oxygen atoms in total. The number of nitrogens with one attached hydrogen (secondary N) is 1. The van der Waals surface area contributed by atoms with Crippen LogP contribution in [0.4, 0.5) is 5.69 Å². The van der Waals surface area contributed by atoms with Gasteiger partial charge in [0.25, 0.3) is 5.91 Å². The summed E-state index contributed by atoms with van der Waals surface area (Å²) in [4.78, 5) is 14.0. The molecule has 0 aliphatic rings. The maximum absolute atomic E-state index is 12.4. The summed E-state index contributed by atoms with van der Waals surface area (Å²) in [5.74, 6) is 0.586. The van der Waals surface area contributed by atoms with Crippen LogP contribution >= 0.6 is 23.2 Å². The number of aryl methyl sites for hydroxylation is 1. The Kier molecular flexibility index (Phi) is 6.35. The summed E-state index contributed by atoms with van der Waals surface area (Å²) in [7, 11) is 0. The summed E-state index contributed by atoms with van der Waals surface area (Å²) in [5.41, 5.74) is 4.90. The maximum Gasteiger partial charge on any atom is 0.262 e. The third-order valence-corrected chi connectivity index (χ3v) is 5.50. The number of carbonyl (C=O) groups is 1. The molecule has 0 saturated carbocycles. The highest BCUT2D eigenvalue weighted by atomic mass is 35.5. The van der Waals surface area contributed by atoms with E-state index in [1.165, 1.54) is 5.56 Å². The second kappa shape index (κ2) is 9.18. The molecule has 164 valence electrons. The van der Waals surface area contributed by atoms with Crippen molar-refractivity contribution in [2.24, 2.45) is 0 Å². The van der Waals surface area contributed by atoms with Crippen LogP contribution in [0.5, 0.6) is 5.75 Å². The van der Waals surface area contributed by atoms with Crippen molar-refractivity contribution in [1.82, 2.24) is 15.0 Å². The number of ether oxygens (including phenoxy) is 1. The molecule has 1 heterocycles. The van der Waals surface area contributed by atoms with Crippen LogP contribution in [0, 0.1) is 6.92 Å². The molecule has 32 heavy (non-hydrogen) atoms. The molecule has 1 N–H and O–H groups in total. The van der Waals surface area contributed by atoms with Crippen LogP contribution in [-0.2, 0) is 4.79 Å². The Labute approximate surface area is 196 Å². The Balaban J connectivity index is 1.45. The number of hydrogen-bond acceptors (Lipinski definition) is 4. The summed E-state index contributed by atoms with van der Waals surface area (Å²) in [6.07, 6.45) is 0. The summed E-state index contributed by atoms with van der Waals surface area (Å²) >= 11 is 12.1. The van der Waals surface area contributed by atoms with Crippen LogP contribution < -0.4 is 10.1 Å². The molecule has 0 aliphatic carbocycles. The summed E-state index contributed by atoms with van der Waals surface area (Å²) in [6, 6.07) is 16.8. The van der Waals surface area contributed by atoms with Gasteiger partial charge in [-0.15, -0.1) is 10.2 Å². The SMILES string of the molecule is Cc1cc(Cl)cc(Cl)c1OCC(=O)Nc1ccc2nn(-c3ccc(C(C)C)cc3)nc2c1. The third-order valence-electron chi connectivity index (χ3n) is 5.00. The first-order valence-corrected chi connectivity index (χ1v) is 10.9. The number of benzene rings is 3. The first-order chi connectivity index (χ1) is 15.3. The second-order valence-corrected chi connectivity index (χ2v) is 8.65. The Morgan fingerprint density at radius 1 is 1.03 bits per heavy atom. The van der Waals surface area contributed by atoms with E-state index in [0.29, 0.717) is 32.9 Å². The van der Waals surface area contributed by atoms with Gasteiger partial charge in [0.05, 0.1) is 10.7 Å². The van der Waals surface area contributed by atoms with Crippen LogP contribution in [0.3, 0.4) is 0 Å². The standard InChI is InChI=1S/C24H22Cl2N4O2/c1-14(2)16-4-7-19(8-5-16)30-28-21-9-6-18(12-22(21)29-30)27-23(31)13-32-24-15(3)10-17(25)11-20(24)26/h4-12,14H,13H2,1-3H3,(H,27,31). The van der Waals surface area contributed by atoms with Crippen molar-refractivity contribution < 1.29 is 9.53 Å². The molecule has 0 atom stereocenters. The lowest BCUT2D eigenvalue weighted by atomic mass is 10.0. The predicted octanol–water partition coefficient (Wildman–Crippen LogP) is 6.18. The van der Waals surface area contributed by atoms with Crippen LogP contribution in [0.2, 0.25) is 10.0 Å². The van der Waals surface area contributed by atoms with Crippen LogP contribution in [0.25, 0.3) is 16.7 Å². The minimum atomic E-state index is -0.313. The minimum absolute atomic E-state index is 0.185. The molecule has 1 amide bonds. The first kappa shape index (κ1) is 22.1. The van der Waals surface area contributed by atoms with Gasteiger partial charge in [-0.25, -0.2) is 0 Å². The van der Waals surface area contributed by atoms with E-state index in [1.807, 2.05) is 25.1 Å². The fraction of sp³-hybridized carbons (Fsp3) is 0.208. The van der Waals surface area contributed by atoms with Crippen LogP contribution in [0.15, 0.2) is 54.6 Å². The van der Waals surface area contributed by atoms with Gasteiger partial charge in [-0.05, 0) is 66.4 Å². The number of halogens is 2. The Morgan fingerprint density at radius 2 is 1.75 bits per heavy atom. The van der Waals surface area contributed by atoms with Gasteiger partial charge in [0, 0.05) is 10.7 Å². The Morgan fingerprint density at radius 3 is 2.44 bits per heavy atom. The topological polar surface area (TPSA) is 69.0 Å². The van der Waals surface area contributed by atoms with Gasteiger partial charge in [0.1, 0.15) is 16.8 Å². The molecule has 3 aromatic carbocycles.